The Morgan fingerprint density at radius 2 is 1.59 bits per heavy atom. The molecule has 2 aromatic heterocycles. The van der Waals surface area contributed by atoms with Gasteiger partial charge in [0.05, 0.1) is 15.3 Å². The Kier molecular flexibility index (Phi) is 3.41. The molecule has 4 rings (SSSR count). The van der Waals surface area contributed by atoms with Crippen LogP contribution >= 0.6 is 22.7 Å². The molecule has 0 amide bonds. The molecule has 0 saturated carbocycles. The normalized spacial score (nSPS) is 16.2. The maximum absolute atomic E-state index is 9.53. The quantitative estimate of drug-likeness (QED) is 0.788. The van der Waals surface area contributed by atoms with Gasteiger partial charge in [0.1, 0.15) is 32.5 Å². The van der Waals surface area contributed by atoms with Crippen LogP contribution in [-0.2, 0) is 0 Å². The number of thiophene rings is 2. The average Bonchev–Trinajstić information content (AvgIpc) is 3.17. The molecule has 0 spiro atoms. The van der Waals surface area contributed by atoms with Crippen molar-refractivity contribution in [3.8, 4) is 29.1 Å². The van der Waals surface area contributed by atoms with Crippen LogP contribution in [0.5, 0.6) is 23.0 Å². The van der Waals surface area contributed by atoms with Crippen LogP contribution in [0.4, 0.5) is 0 Å². The molecule has 112 valence electrons. The molecule has 0 N–H and O–H groups in total. The molecule has 2 aliphatic rings. The zero-order valence-corrected chi connectivity index (χ0v) is 13.1. The number of nitriles is 1. The monoisotopic (exact) mass is 333 g/mol. The van der Waals surface area contributed by atoms with Gasteiger partial charge in [0, 0.05) is 10.8 Å². The summed E-state index contributed by atoms with van der Waals surface area (Å²) in [6.45, 7) is 2.12. The molecule has 4 heterocycles. The minimum absolute atomic E-state index is 0.501. The van der Waals surface area contributed by atoms with Crippen molar-refractivity contribution in [3.63, 3.8) is 0 Å². The van der Waals surface area contributed by atoms with Crippen molar-refractivity contribution in [1.29, 1.82) is 5.26 Å². The SMILES string of the molecule is N#C/C(=C\c1scc2c1OCCO2)c1scc2c1OCCO2. The van der Waals surface area contributed by atoms with Crippen molar-refractivity contribution in [2.24, 2.45) is 0 Å². The first-order valence-corrected chi connectivity index (χ1v) is 8.49. The summed E-state index contributed by atoms with van der Waals surface area (Å²) in [7, 11) is 0. The van der Waals surface area contributed by atoms with Gasteiger partial charge in [-0.2, -0.15) is 5.26 Å². The van der Waals surface area contributed by atoms with Crippen molar-refractivity contribution in [1.82, 2.24) is 0 Å². The standard InChI is InChI=1S/C15H11NO4S2/c16-6-9(15-14-11(8-22-15)18-2-4-20-14)5-12-13-10(7-21-12)17-1-3-19-13/h5,7-8H,1-4H2/b9-5+. The lowest BCUT2D eigenvalue weighted by molar-refractivity contribution is 0.173. The third-order valence-corrected chi connectivity index (χ3v) is 5.13. The van der Waals surface area contributed by atoms with E-state index in [1.807, 2.05) is 16.8 Å². The van der Waals surface area contributed by atoms with E-state index in [0.29, 0.717) is 49.2 Å². The summed E-state index contributed by atoms with van der Waals surface area (Å²) in [5.74, 6) is 2.83. The molecule has 0 radical (unpaired) electrons. The summed E-state index contributed by atoms with van der Waals surface area (Å²) >= 11 is 2.95. The van der Waals surface area contributed by atoms with Crippen LogP contribution in [0.3, 0.4) is 0 Å². The molecule has 7 heteroatoms. The van der Waals surface area contributed by atoms with Gasteiger partial charge in [0.25, 0.3) is 0 Å². The third kappa shape index (κ3) is 2.21. The van der Waals surface area contributed by atoms with Gasteiger partial charge in [-0.25, -0.2) is 0 Å². The molecule has 0 saturated heterocycles. The number of hydrogen-bond donors (Lipinski definition) is 0. The molecule has 2 aliphatic heterocycles. The van der Waals surface area contributed by atoms with Crippen molar-refractivity contribution < 1.29 is 18.9 Å². The fourth-order valence-corrected chi connectivity index (χ4v) is 4.07. The molecular weight excluding hydrogens is 322 g/mol. The van der Waals surface area contributed by atoms with Gasteiger partial charge >= 0.3 is 0 Å². The average molecular weight is 333 g/mol. The fraction of sp³-hybridized carbons (Fsp3) is 0.267. The summed E-state index contributed by atoms with van der Waals surface area (Å²) in [5, 5.41) is 13.3. The smallest absolute Gasteiger partial charge is 0.180 e. The molecule has 2 aromatic rings. The van der Waals surface area contributed by atoms with E-state index in [9.17, 15) is 5.26 Å². The van der Waals surface area contributed by atoms with Gasteiger partial charge in [-0.1, -0.05) is 0 Å². The molecule has 5 nitrogen and oxygen atoms in total. The minimum Gasteiger partial charge on any atom is -0.485 e. The first kappa shape index (κ1) is 13.5. The Morgan fingerprint density at radius 3 is 2.36 bits per heavy atom. The van der Waals surface area contributed by atoms with Crippen LogP contribution in [0, 0.1) is 11.3 Å². The molecule has 22 heavy (non-hydrogen) atoms. The van der Waals surface area contributed by atoms with Crippen LogP contribution in [0.1, 0.15) is 9.75 Å². The second-order valence-corrected chi connectivity index (χ2v) is 6.41. The van der Waals surface area contributed by atoms with Crippen molar-refractivity contribution in [2.45, 2.75) is 0 Å². The van der Waals surface area contributed by atoms with Crippen LogP contribution < -0.4 is 18.9 Å². The maximum Gasteiger partial charge on any atom is 0.180 e. The summed E-state index contributed by atoms with van der Waals surface area (Å²) < 4.78 is 22.4. The Balaban J connectivity index is 1.75. The number of nitrogens with zero attached hydrogens (tertiary/aromatic N) is 1. The Labute approximate surface area is 134 Å². The fourth-order valence-electron chi connectivity index (χ4n) is 2.31. The first-order chi connectivity index (χ1) is 10.9. The lowest BCUT2D eigenvalue weighted by Gasteiger charge is -2.16. The van der Waals surface area contributed by atoms with Crippen LogP contribution in [0.15, 0.2) is 10.8 Å². The molecule has 0 aliphatic carbocycles. The Bertz CT molecular complexity index is 784. The number of fused-ring (bicyclic) bond motifs is 2. The van der Waals surface area contributed by atoms with Crippen molar-refractivity contribution in [3.05, 3.63) is 20.5 Å². The zero-order chi connectivity index (χ0) is 14.9. The van der Waals surface area contributed by atoms with Crippen LogP contribution in [-0.4, -0.2) is 26.4 Å². The van der Waals surface area contributed by atoms with Crippen molar-refractivity contribution >= 4 is 34.3 Å². The molecule has 0 unspecified atom stereocenters. The highest BCUT2D eigenvalue weighted by molar-refractivity contribution is 7.12. The van der Waals surface area contributed by atoms with E-state index in [-0.39, 0.29) is 0 Å². The van der Waals surface area contributed by atoms with Crippen molar-refractivity contribution in [2.75, 3.05) is 26.4 Å². The molecule has 0 fully saturated rings. The first-order valence-electron chi connectivity index (χ1n) is 6.73. The van der Waals surface area contributed by atoms with Gasteiger partial charge < -0.3 is 18.9 Å². The number of hydrogen-bond acceptors (Lipinski definition) is 7. The van der Waals surface area contributed by atoms with E-state index >= 15 is 0 Å². The van der Waals surface area contributed by atoms with E-state index in [1.54, 1.807) is 0 Å². The topological polar surface area (TPSA) is 60.7 Å². The Morgan fingerprint density at radius 1 is 0.955 bits per heavy atom. The summed E-state index contributed by atoms with van der Waals surface area (Å²) in [6.07, 6.45) is 1.82. The van der Waals surface area contributed by atoms with E-state index in [1.165, 1.54) is 22.7 Å². The van der Waals surface area contributed by atoms with Gasteiger partial charge in [-0.05, 0) is 6.08 Å². The van der Waals surface area contributed by atoms with Gasteiger partial charge in [0.15, 0.2) is 23.0 Å². The van der Waals surface area contributed by atoms with Gasteiger partial charge in [0.2, 0.25) is 0 Å². The minimum atomic E-state index is 0.501. The van der Waals surface area contributed by atoms with Gasteiger partial charge in [-0.3, -0.25) is 0 Å². The maximum atomic E-state index is 9.53. The highest BCUT2D eigenvalue weighted by Crippen LogP contribution is 2.45. The second-order valence-electron chi connectivity index (χ2n) is 4.62. The number of ether oxygens (including phenoxy) is 4. The Hall–Kier alpha value is -2.17. The lowest BCUT2D eigenvalue weighted by atomic mass is 10.2. The molecule has 0 atom stereocenters. The van der Waals surface area contributed by atoms with Crippen LogP contribution in [0.2, 0.25) is 0 Å². The third-order valence-electron chi connectivity index (χ3n) is 3.27. The predicted octanol–water partition coefficient (Wildman–Crippen LogP) is 3.42. The summed E-state index contributed by atoms with van der Waals surface area (Å²) in [5.41, 5.74) is 0.538. The highest BCUT2D eigenvalue weighted by atomic mass is 32.1. The molecule has 0 aromatic carbocycles. The van der Waals surface area contributed by atoms with E-state index < -0.39 is 0 Å². The zero-order valence-electron chi connectivity index (χ0n) is 11.5. The highest BCUT2D eigenvalue weighted by Gasteiger charge is 2.23. The second kappa shape index (κ2) is 5.55. The number of allylic oxidation sites excluding steroid dienone is 1. The van der Waals surface area contributed by atoms with Gasteiger partial charge in [-0.15, -0.1) is 22.7 Å². The van der Waals surface area contributed by atoms with E-state index in [4.69, 9.17) is 18.9 Å². The molecule has 0 bridgehead atoms. The lowest BCUT2D eigenvalue weighted by Crippen LogP contribution is -2.14. The molecular formula is C15H11NO4S2. The van der Waals surface area contributed by atoms with Crippen LogP contribution in [0.25, 0.3) is 11.6 Å². The summed E-state index contributed by atoms with van der Waals surface area (Å²) in [6, 6.07) is 2.25. The number of rotatable bonds is 2. The predicted molar refractivity (Wildman–Crippen MR) is 84.1 cm³/mol. The van der Waals surface area contributed by atoms with E-state index in [2.05, 4.69) is 6.07 Å². The summed E-state index contributed by atoms with van der Waals surface area (Å²) in [4.78, 5) is 1.67. The van der Waals surface area contributed by atoms with E-state index in [0.717, 1.165) is 15.5 Å². The largest absolute Gasteiger partial charge is 0.485 e.